The molecule has 2 aromatic carbocycles. The second-order valence-corrected chi connectivity index (χ2v) is 5.65. The molecule has 1 heterocycles. The molecule has 0 bridgehead atoms. The Balaban J connectivity index is 2.06. The Morgan fingerprint density at radius 3 is 2.81 bits per heavy atom. The fourth-order valence-corrected chi connectivity index (χ4v) is 2.55. The number of halogens is 1. The van der Waals surface area contributed by atoms with E-state index in [0.717, 1.165) is 20.2 Å². The van der Waals surface area contributed by atoms with Gasteiger partial charge in [0.2, 0.25) is 0 Å². The van der Waals surface area contributed by atoms with Gasteiger partial charge in [0.25, 0.3) is 0 Å². The van der Waals surface area contributed by atoms with Crippen LogP contribution in [-0.2, 0) is 0 Å². The minimum absolute atomic E-state index is 0.231. The van der Waals surface area contributed by atoms with Crippen LogP contribution in [0.3, 0.4) is 0 Å². The van der Waals surface area contributed by atoms with E-state index in [2.05, 4.69) is 16.0 Å². The van der Waals surface area contributed by atoms with Crippen LogP contribution in [-0.4, -0.2) is 15.1 Å². The summed E-state index contributed by atoms with van der Waals surface area (Å²) in [6.45, 7) is 0. The number of nitriles is 1. The Labute approximate surface area is 134 Å². The van der Waals surface area contributed by atoms with Crippen molar-refractivity contribution in [2.75, 3.05) is 0 Å². The monoisotopic (exact) mass is 387 g/mol. The molecular formula is C16H10IN3O. The zero-order valence-electron chi connectivity index (χ0n) is 10.8. The molecule has 3 rings (SSSR count). The van der Waals surface area contributed by atoms with E-state index < -0.39 is 0 Å². The topological polar surface area (TPSA) is 72.7 Å². The maximum Gasteiger partial charge on any atom is 0.149 e. The fourth-order valence-electron chi connectivity index (χ4n) is 2.01. The van der Waals surface area contributed by atoms with Crippen molar-refractivity contribution in [3.05, 3.63) is 57.4 Å². The maximum atomic E-state index is 9.54. The standard InChI is InChI=1S/C16H10IN3O/c17-12-8-10(5-6-15(12)21)7-11(9-18)16-19-13-3-1-2-4-14(13)20-16/h1-8,21H,(H,19,20). The molecular weight excluding hydrogens is 377 g/mol. The van der Waals surface area contributed by atoms with E-state index in [0.29, 0.717) is 11.4 Å². The molecule has 0 amide bonds. The number of aromatic amines is 1. The number of hydrogen-bond acceptors (Lipinski definition) is 3. The number of benzene rings is 2. The first-order valence-corrected chi connectivity index (χ1v) is 7.30. The van der Waals surface area contributed by atoms with Gasteiger partial charge in [0, 0.05) is 0 Å². The highest BCUT2D eigenvalue weighted by molar-refractivity contribution is 14.1. The average molecular weight is 387 g/mol. The van der Waals surface area contributed by atoms with Gasteiger partial charge in [-0.1, -0.05) is 18.2 Å². The minimum atomic E-state index is 0.231. The van der Waals surface area contributed by atoms with Crippen LogP contribution in [0, 0.1) is 14.9 Å². The third-order valence-electron chi connectivity index (χ3n) is 3.05. The molecule has 0 aliphatic rings. The number of phenolic OH excluding ortho intramolecular Hbond substituents is 1. The lowest BCUT2D eigenvalue weighted by Crippen LogP contribution is -1.85. The van der Waals surface area contributed by atoms with Gasteiger partial charge >= 0.3 is 0 Å². The van der Waals surface area contributed by atoms with E-state index >= 15 is 0 Å². The molecule has 0 radical (unpaired) electrons. The number of phenols is 1. The predicted molar refractivity (Wildman–Crippen MR) is 90.4 cm³/mol. The summed E-state index contributed by atoms with van der Waals surface area (Å²) < 4.78 is 0.739. The maximum absolute atomic E-state index is 9.54. The fraction of sp³-hybridized carbons (Fsp3) is 0. The summed E-state index contributed by atoms with van der Waals surface area (Å²) in [5.41, 5.74) is 3.02. The van der Waals surface area contributed by atoms with Crippen LogP contribution in [0.2, 0.25) is 0 Å². The van der Waals surface area contributed by atoms with Crippen molar-refractivity contribution in [3.8, 4) is 11.8 Å². The zero-order chi connectivity index (χ0) is 14.8. The molecule has 0 unspecified atom stereocenters. The molecule has 0 saturated heterocycles. The molecule has 0 aliphatic carbocycles. The van der Waals surface area contributed by atoms with Gasteiger partial charge < -0.3 is 10.1 Å². The first kappa shape index (κ1) is 13.6. The van der Waals surface area contributed by atoms with Crippen LogP contribution >= 0.6 is 22.6 Å². The van der Waals surface area contributed by atoms with Crippen molar-refractivity contribution in [1.29, 1.82) is 5.26 Å². The number of aromatic nitrogens is 2. The van der Waals surface area contributed by atoms with Gasteiger partial charge in [-0.25, -0.2) is 4.98 Å². The molecule has 0 spiro atoms. The molecule has 102 valence electrons. The van der Waals surface area contributed by atoms with Gasteiger partial charge in [0.15, 0.2) is 0 Å². The van der Waals surface area contributed by atoms with Crippen molar-refractivity contribution in [2.45, 2.75) is 0 Å². The number of nitrogens with zero attached hydrogens (tertiary/aromatic N) is 2. The van der Waals surface area contributed by atoms with Crippen LogP contribution in [0.15, 0.2) is 42.5 Å². The molecule has 0 saturated carbocycles. The number of H-pyrrole nitrogens is 1. The molecule has 4 nitrogen and oxygen atoms in total. The summed E-state index contributed by atoms with van der Waals surface area (Å²) in [6, 6.07) is 15.0. The Morgan fingerprint density at radius 1 is 1.29 bits per heavy atom. The average Bonchev–Trinajstić information content (AvgIpc) is 2.92. The summed E-state index contributed by atoms with van der Waals surface area (Å²) >= 11 is 2.05. The molecule has 0 aliphatic heterocycles. The molecule has 5 heteroatoms. The molecule has 21 heavy (non-hydrogen) atoms. The molecule has 2 N–H and O–H groups in total. The van der Waals surface area contributed by atoms with E-state index in [4.69, 9.17) is 0 Å². The van der Waals surface area contributed by atoms with Crippen molar-refractivity contribution in [1.82, 2.24) is 9.97 Å². The summed E-state index contributed by atoms with van der Waals surface area (Å²) in [5, 5.41) is 18.9. The van der Waals surface area contributed by atoms with Crippen molar-refractivity contribution < 1.29 is 5.11 Å². The highest BCUT2D eigenvalue weighted by Crippen LogP contribution is 2.24. The summed E-state index contributed by atoms with van der Waals surface area (Å²) in [7, 11) is 0. The number of aromatic hydroxyl groups is 1. The SMILES string of the molecule is N#CC(=Cc1ccc(O)c(I)c1)c1nc2ccccc2[nH]1. The van der Waals surface area contributed by atoms with E-state index in [1.165, 1.54) is 0 Å². The van der Waals surface area contributed by atoms with Gasteiger partial charge in [-0.3, -0.25) is 0 Å². The summed E-state index contributed by atoms with van der Waals surface area (Å²) in [5.74, 6) is 0.775. The van der Waals surface area contributed by atoms with Gasteiger partial charge in [-0.15, -0.1) is 0 Å². The Bertz CT molecular complexity index is 857. The van der Waals surface area contributed by atoms with Crippen molar-refractivity contribution >= 4 is 45.3 Å². The number of allylic oxidation sites excluding steroid dienone is 1. The van der Waals surface area contributed by atoms with E-state index in [1.807, 2.05) is 52.9 Å². The molecule has 1 aromatic heterocycles. The smallest absolute Gasteiger partial charge is 0.149 e. The third-order valence-corrected chi connectivity index (χ3v) is 3.91. The first-order chi connectivity index (χ1) is 10.2. The molecule has 0 fully saturated rings. The first-order valence-electron chi connectivity index (χ1n) is 6.23. The van der Waals surface area contributed by atoms with Crippen LogP contribution in [0.5, 0.6) is 5.75 Å². The molecule has 0 atom stereocenters. The second kappa shape index (κ2) is 5.58. The number of rotatable bonds is 2. The lowest BCUT2D eigenvalue weighted by molar-refractivity contribution is 0.471. The highest BCUT2D eigenvalue weighted by atomic mass is 127. The number of hydrogen-bond donors (Lipinski definition) is 2. The highest BCUT2D eigenvalue weighted by Gasteiger charge is 2.08. The van der Waals surface area contributed by atoms with Gasteiger partial charge in [0.1, 0.15) is 17.6 Å². The van der Waals surface area contributed by atoms with E-state index in [1.54, 1.807) is 18.2 Å². The van der Waals surface area contributed by atoms with E-state index in [-0.39, 0.29) is 5.75 Å². The number of nitrogens with one attached hydrogen (secondary N) is 1. The normalized spacial score (nSPS) is 11.5. The summed E-state index contributed by atoms with van der Waals surface area (Å²) in [4.78, 5) is 7.56. The quantitative estimate of drug-likeness (QED) is 0.517. The van der Waals surface area contributed by atoms with Crippen LogP contribution in [0.25, 0.3) is 22.7 Å². The third kappa shape index (κ3) is 2.76. The number of fused-ring (bicyclic) bond motifs is 1. The van der Waals surface area contributed by atoms with E-state index in [9.17, 15) is 10.4 Å². The van der Waals surface area contributed by atoms with Gasteiger partial charge in [0.05, 0.1) is 20.2 Å². The van der Waals surface area contributed by atoms with Gasteiger partial charge in [-0.05, 0) is 58.5 Å². The van der Waals surface area contributed by atoms with Crippen LogP contribution < -0.4 is 0 Å². The second-order valence-electron chi connectivity index (χ2n) is 4.48. The van der Waals surface area contributed by atoms with Crippen molar-refractivity contribution in [2.24, 2.45) is 0 Å². The molecule has 3 aromatic rings. The predicted octanol–water partition coefficient (Wildman–Crippen LogP) is 3.94. The largest absolute Gasteiger partial charge is 0.507 e. The lowest BCUT2D eigenvalue weighted by Gasteiger charge is -1.99. The zero-order valence-corrected chi connectivity index (χ0v) is 13.0. The number of para-hydroxylation sites is 2. The van der Waals surface area contributed by atoms with Crippen LogP contribution in [0.4, 0.5) is 0 Å². The lowest BCUT2D eigenvalue weighted by atomic mass is 10.1. The number of imidazole rings is 1. The Kier molecular flexibility index (Phi) is 3.62. The van der Waals surface area contributed by atoms with Gasteiger partial charge in [-0.2, -0.15) is 5.26 Å². The summed E-state index contributed by atoms with van der Waals surface area (Å²) in [6.07, 6.45) is 1.75. The van der Waals surface area contributed by atoms with Crippen molar-refractivity contribution in [3.63, 3.8) is 0 Å². The minimum Gasteiger partial charge on any atom is -0.507 e. The Morgan fingerprint density at radius 2 is 2.10 bits per heavy atom. The van der Waals surface area contributed by atoms with Crippen LogP contribution in [0.1, 0.15) is 11.4 Å². The Hall–Kier alpha value is -2.33.